The second-order valence-electron chi connectivity index (χ2n) is 4.53. The van der Waals surface area contributed by atoms with E-state index >= 15 is 0 Å². The molecular formula is C15H12O3S. The van der Waals surface area contributed by atoms with E-state index in [1.807, 2.05) is 35.7 Å². The fourth-order valence-corrected chi connectivity index (χ4v) is 4.11. The number of rotatable bonds is 1. The van der Waals surface area contributed by atoms with Crippen molar-refractivity contribution in [3.63, 3.8) is 0 Å². The molecule has 0 saturated heterocycles. The Morgan fingerprint density at radius 2 is 1.89 bits per heavy atom. The quantitative estimate of drug-likeness (QED) is 0.798. The summed E-state index contributed by atoms with van der Waals surface area (Å²) < 4.78 is 0. The van der Waals surface area contributed by atoms with Crippen LogP contribution in [0.2, 0.25) is 0 Å². The van der Waals surface area contributed by atoms with Crippen molar-refractivity contribution in [2.45, 2.75) is 12.8 Å². The average molecular weight is 272 g/mol. The van der Waals surface area contributed by atoms with Crippen LogP contribution in [-0.4, -0.2) is 22.2 Å². The molecule has 4 heteroatoms. The van der Waals surface area contributed by atoms with E-state index in [2.05, 4.69) is 0 Å². The van der Waals surface area contributed by atoms with Gasteiger partial charge in [-0.1, -0.05) is 30.3 Å². The zero-order valence-corrected chi connectivity index (χ0v) is 10.9. The first-order valence-electron chi connectivity index (χ1n) is 5.96. The summed E-state index contributed by atoms with van der Waals surface area (Å²) in [6, 6.07) is 7.90. The van der Waals surface area contributed by atoms with Crippen LogP contribution in [0.15, 0.2) is 46.2 Å². The third kappa shape index (κ3) is 2.19. The molecule has 0 saturated carbocycles. The van der Waals surface area contributed by atoms with Crippen molar-refractivity contribution < 1.29 is 14.7 Å². The van der Waals surface area contributed by atoms with Gasteiger partial charge in [-0.25, -0.2) is 4.79 Å². The van der Waals surface area contributed by atoms with Crippen molar-refractivity contribution in [2.75, 3.05) is 0 Å². The predicted octanol–water partition coefficient (Wildman–Crippen LogP) is 2.29. The molecule has 0 fully saturated rings. The van der Waals surface area contributed by atoms with Gasteiger partial charge in [0.05, 0.1) is 10.3 Å². The second kappa shape index (κ2) is 4.63. The Bertz CT molecular complexity index is 680. The van der Waals surface area contributed by atoms with E-state index in [4.69, 9.17) is 5.11 Å². The number of ketones is 1. The van der Waals surface area contributed by atoms with Crippen LogP contribution in [0.5, 0.6) is 0 Å². The van der Waals surface area contributed by atoms with Gasteiger partial charge in [-0.2, -0.15) is 0 Å². The molecule has 1 aromatic carbocycles. The lowest BCUT2D eigenvalue weighted by Gasteiger charge is -2.04. The maximum Gasteiger partial charge on any atom is 0.334 e. The third-order valence-electron chi connectivity index (χ3n) is 3.27. The molecule has 1 N–H and O–H groups in total. The van der Waals surface area contributed by atoms with Gasteiger partial charge >= 0.3 is 5.97 Å². The highest BCUT2D eigenvalue weighted by atomic mass is 32.2. The van der Waals surface area contributed by atoms with E-state index < -0.39 is 16.5 Å². The topological polar surface area (TPSA) is 54.4 Å². The van der Waals surface area contributed by atoms with Crippen molar-refractivity contribution >= 4 is 27.6 Å². The highest BCUT2D eigenvalue weighted by Gasteiger charge is 2.25. The minimum absolute atomic E-state index is 0.0470. The van der Waals surface area contributed by atoms with Gasteiger partial charge in [0.25, 0.3) is 0 Å². The van der Waals surface area contributed by atoms with E-state index in [0.29, 0.717) is 17.7 Å². The summed E-state index contributed by atoms with van der Waals surface area (Å²) in [6.07, 6.45) is 2.98. The monoisotopic (exact) mass is 272 g/mol. The molecule has 0 bridgehead atoms. The van der Waals surface area contributed by atoms with Crippen LogP contribution < -0.4 is 0 Å². The van der Waals surface area contributed by atoms with Crippen LogP contribution in [0.1, 0.15) is 11.1 Å². The minimum atomic E-state index is -0.976. The SMILES string of the molecule is O=C(O)C=S1C=CC2=C1C(=O)Cc1ccccc1C2. The lowest BCUT2D eigenvalue weighted by atomic mass is 10.0. The van der Waals surface area contributed by atoms with Crippen molar-refractivity contribution in [3.8, 4) is 0 Å². The Balaban J connectivity index is 2.08. The standard InChI is InChI=1S/C15H12O3S/c16-13-8-11-4-2-1-3-10(11)7-12-5-6-19(15(12)13)9-14(17)18/h1-6,9H,7-8H2,(H,17,18). The molecule has 2 aliphatic rings. The number of Topliss-reactive ketones (excluding diaryl/α,β-unsaturated/α-hetero) is 1. The number of carboxylic acids is 1. The maximum atomic E-state index is 12.3. The van der Waals surface area contributed by atoms with E-state index in [1.54, 1.807) is 0 Å². The zero-order chi connectivity index (χ0) is 13.4. The number of allylic oxidation sites excluding steroid dienone is 3. The van der Waals surface area contributed by atoms with Gasteiger partial charge in [0, 0.05) is 6.42 Å². The number of aliphatic carboxylic acids is 1. The lowest BCUT2D eigenvalue weighted by Crippen LogP contribution is -2.05. The Kier molecular flexibility index (Phi) is 2.95. The molecule has 0 aromatic heterocycles. The smallest absolute Gasteiger partial charge is 0.334 e. The number of carboxylic acid groups (broad SMARTS) is 1. The van der Waals surface area contributed by atoms with Crippen molar-refractivity contribution in [3.05, 3.63) is 57.4 Å². The molecule has 1 aromatic rings. The van der Waals surface area contributed by atoms with Crippen LogP contribution >= 0.6 is 10.5 Å². The zero-order valence-electron chi connectivity index (χ0n) is 10.1. The molecule has 19 heavy (non-hydrogen) atoms. The number of carbonyl (C=O) groups excluding carboxylic acids is 1. The normalized spacial score (nSPS) is 21.3. The molecular weight excluding hydrogens is 260 g/mol. The van der Waals surface area contributed by atoms with Gasteiger partial charge in [-0.3, -0.25) is 4.79 Å². The predicted molar refractivity (Wildman–Crippen MR) is 76.3 cm³/mol. The van der Waals surface area contributed by atoms with E-state index in [0.717, 1.165) is 16.7 Å². The molecule has 0 amide bonds. The molecule has 3 rings (SSSR count). The van der Waals surface area contributed by atoms with Gasteiger partial charge in [-0.15, -0.1) is 10.5 Å². The van der Waals surface area contributed by atoms with E-state index in [1.165, 1.54) is 5.37 Å². The summed E-state index contributed by atoms with van der Waals surface area (Å²) in [5, 5.41) is 11.9. The molecule has 1 aliphatic carbocycles. The van der Waals surface area contributed by atoms with E-state index in [9.17, 15) is 9.59 Å². The molecule has 0 radical (unpaired) electrons. The van der Waals surface area contributed by atoms with Gasteiger partial charge in [0.2, 0.25) is 0 Å². The van der Waals surface area contributed by atoms with Crippen molar-refractivity contribution in [1.82, 2.24) is 0 Å². The summed E-state index contributed by atoms with van der Waals surface area (Å²) in [5.41, 5.74) is 3.18. The minimum Gasteiger partial charge on any atom is -0.478 e. The van der Waals surface area contributed by atoms with Crippen molar-refractivity contribution in [1.29, 1.82) is 0 Å². The van der Waals surface area contributed by atoms with Crippen LogP contribution in [0.4, 0.5) is 0 Å². The number of hydrogen-bond donors (Lipinski definition) is 1. The summed E-state index contributed by atoms with van der Waals surface area (Å²) in [7, 11) is -0.678. The highest BCUT2D eigenvalue weighted by molar-refractivity contribution is 8.22. The Labute approximate surface area is 113 Å². The summed E-state index contributed by atoms with van der Waals surface area (Å²) >= 11 is 0. The van der Waals surface area contributed by atoms with Crippen molar-refractivity contribution in [2.24, 2.45) is 0 Å². The Morgan fingerprint density at radius 3 is 2.58 bits per heavy atom. The molecule has 96 valence electrons. The molecule has 0 spiro atoms. The largest absolute Gasteiger partial charge is 0.478 e. The van der Waals surface area contributed by atoms with Gasteiger partial charge in [0.15, 0.2) is 5.78 Å². The second-order valence-corrected chi connectivity index (χ2v) is 6.19. The highest BCUT2D eigenvalue weighted by Crippen LogP contribution is 2.40. The third-order valence-corrected chi connectivity index (χ3v) is 5.12. The first kappa shape index (κ1) is 12.1. The number of hydrogen-bond acceptors (Lipinski definition) is 2. The molecule has 1 heterocycles. The molecule has 1 aliphatic heterocycles. The molecule has 1 atom stereocenters. The van der Waals surface area contributed by atoms with Gasteiger partial charge in [0.1, 0.15) is 0 Å². The van der Waals surface area contributed by atoms with Crippen LogP contribution in [0.25, 0.3) is 0 Å². The fraction of sp³-hybridized carbons (Fsp3) is 0.133. The first-order chi connectivity index (χ1) is 9.15. The van der Waals surface area contributed by atoms with Gasteiger partial charge in [-0.05, 0) is 28.5 Å². The summed E-state index contributed by atoms with van der Waals surface area (Å²) in [5.74, 6) is -0.929. The van der Waals surface area contributed by atoms with Crippen LogP contribution in [0, 0.1) is 0 Å². The lowest BCUT2D eigenvalue weighted by molar-refractivity contribution is -0.128. The summed E-state index contributed by atoms with van der Waals surface area (Å²) in [4.78, 5) is 23.9. The molecule has 1 unspecified atom stereocenters. The average Bonchev–Trinajstić information content (AvgIpc) is 2.67. The first-order valence-corrected chi connectivity index (χ1v) is 7.31. The Morgan fingerprint density at radius 1 is 1.21 bits per heavy atom. The maximum absolute atomic E-state index is 12.3. The van der Waals surface area contributed by atoms with E-state index in [-0.39, 0.29) is 5.78 Å². The van der Waals surface area contributed by atoms with Crippen LogP contribution in [0.3, 0.4) is 0 Å². The van der Waals surface area contributed by atoms with Crippen LogP contribution in [-0.2, 0) is 22.4 Å². The Hall–Kier alpha value is -1.94. The summed E-state index contributed by atoms with van der Waals surface area (Å²) in [6.45, 7) is 0. The number of carbonyl (C=O) groups is 2. The molecule has 3 nitrogen and oxygen atoms in total. The number of fused-ring (bicyclic) bond motifs is 1. The van der Waals surface area contributed by atoms with Gasteiger partial charge < -0.3 is 5.11 Å². The fourth-order valence-electron chi connectivity index (χ4n) is 2.47. The number of benzene rings is 1.